The first-order valence-electron chi connectivity index (χ1n) is 5.78. The van der Waals surface area contributed by atoms with Crippen molar-refractivity contribution < 1.29 is 14.2 Å². The van der Waals surface area contributed by atoms with Crippen LogP contribution in [0.4, 0.5) is 0 Å². The van der Waals surface area contributed by atoms with E-state index in [0.29, 0.717) is 0 Å². The van der Waals surface area contributed by atoms with E-state index < -0.39 is 12.6 Å². The number of hydrogen-bond donors (Lipinski definition) is 0. The molecule has 0 aliphatic carbocycles. The summed E-state index contributed by atoms with van der Waals surface area (Å²) in [6.45, 7) is 0. The molecule has 0 radical (unpaired) electrons. The van der Waals surface area contributed by atoms with Crippen LogP contribution in [-0.2, 0) is 4.74 Å². The van der Waals surface area contributed by atoms with Gasteiger partial charge in [0.1, 0.15) is 11.5 Å². The lowest BCUT2D eigenvalue weighted by atomic mass is 10.1. The average Bonchev–Trinajstić information content (AvgIpc) is 2.41. The van der Waals surface area contributed by atoms with E-state index in [1.807, 2.05) is 36.4 Å². The lowest BCUT2D eigenvalue weighted by Gasteiger charge is -2.37. The normalized spacial score (nSPS) is 22.8. The largest absolute Gasteiger partial charge is 0.460 e. The molecule has 0 amide bonds. The Hall–Kier alpha value is -1.04. The van der Waals surface area contributed by atoms with Gasteiger partial charge < -0.3 is 9.47 Å². The molecule has 2 heterocycles. The highest BCUT2D eigenvalue weighted by Gasteiger charge is 2.37. The lowest BCUT2D eigenvalue weighted by Crippen LogP contribution is -2.30. The van der Waals surface area contributed by atoms with Gasteiger partial charge in [0.15, 0.2) is 0 Å². The molecule has 3 nitrogen and oxygen atoms in total. The molecule has 4 rings (SSSR count). The number of rotatable bonds is 0. The summed E-state index contributed by atoms with van der Waals surface area (Å²) in [7, 11) is 0. The molecule has 2 atom stereocenters. The van der Waals surface area contributed by atoms with Gasteiger partial charge >= 0.3 is 0 Å². The minimum Gasteiger partial charge on any atom is -0.460 e. The van der Waals surface area contributed by atoms with E-state index in [1.165, 1.54) is 0 Å². The van der Waals surface area contributed by atoms with Gasteiger partial charge in [0.05, 0.1) is 11.1 Å². The second kappa shape index (κ2) is 4.23. The van der Waals surface area contributed by atoms with Crippen LogP contribution in [0, 0.1) is 0 Å². The van der Waals surface area contributed by atoms with Crippen LogP contribution in [0.25, 0.3) is 0 Å². The average molecular weight is 384 g/mol. The fourth-order valence-corrected chi connectivity index (χ4v) is 3.05. The summed E-state index contributed by atoms with van der Waals surface area (Å²) >= 11 is 6.90. The van der Waals surface area contributed by atoms with Gasteiger partial charge in [-0.2, -0.15) is 0 Å². The van der Waals surface area contributed by atoms with E-state index in [0.717, 1.165) is 31.6 Å². The van der Waals surface area contributed by atoms with E-state index in [9.17, 15) is 0 Å². The van der Waals surface area contributed by atoms with Crippen LogP contribution in [0.1, 0.15) is 23.7 Å². The van der Waals surface area contributed by atoms with Gasteiger partial charge in [-0.3, -0.25) is 4.74 Å². The van der Waals surface area contributed by atoms with Crippen molar-refractivity contribution in [2.75, 3.05) is 0 Å². The Kier molecular flexibility index (Phi) is 2.62. The fraction of sp³-hybridized carbons (Fsp3) is 0.143. The number of fused-ring (bicyclic) bond motifs is 6. The van der Waals surface area contributed by atoms with Crippen molar-refractivity contribution in [2.24, 2.45) is 0 Å². The van der Waals surface area contributed by atoms with Crippen molar-refractivity contribution in [1.29, 1.82) is 0 Å². The van der Waals surface area contributed by atoms with Crippen LogP contribution in [0.3, 0.4) is 0 Å². The molecule has 0 spiro atoms. The van der Waals surface area contributed by atoms with Gasteiger partial charge in [-0.25, -0.2) is 0 Å². The molecule has 0 N–H and O–H groups in total. The Morgan fingerprint density at radius 3 is 1.68 bits per heavy atom. The van der Waals surface area contributed by atoms with Gasteiger partial charge in [-0.15, -0.1) is 0 Å². The summed E-state index contributed by atoms with van der Waals surface area (Å²) in [5.74, 6) is 1.60. The first kappa shape index (κ1) is 11.8. The Bertz CT molecular complexity index is 614. The Labute approximate surface area is 126 Å². The molecule has 5 heteroatoms. The van der Waals surface area contributed by atoms with Crippen LogP contribution in [0.5, 0.6) is 11.5 Å². The van der Waals surface area contributed by atoms with Crippen molar-refractivity contribution >= 4 is 31.9 Å². The second-order valence-corrected chi connectivity index (χ2v) is 6.23. The molecule has 96 valence electrons. The van der Waals surface area contributed by atoms with Gasteiger partial charge in [0.2, 0.25) is 12.6 Å². The summed E-state index contributed by atoms with van der Waals surface area (Å²) in [5.41, 5.74) is 1.80. The van der Waals surface area contributed by atoms with E-state index in [2.05, 4.69) is 31.9 Å². The summed E-state index contributed by atoms with van der Waals surface area (Å²) in [6, 6.07) is 11.7. The topological polar surface area (TPSA) is 27.7 Å². The highest BCUT2D eigenvalue weighted by molar-refractivity contribution is 9.10. The quantitative estimate of drug-likeness (QED) is 0.659. The SMILES string of the molecule is Brc1ccc2c(c1)[C@@H]1Oc3ccc(Br)cc3[C@H](O2)O1. The predicted molar refractivity (Wildman–Crippen MR) is 76.1 cm³/mol. The van der Waals surface area contributed by atoms with Crippen LogP contribution in [-0.4, -0.2) is 0 Å². The molecule has 19 heavy (non-hydrogen) atoms. The first-order valence-corrected chi connectivity index (χ1v) is 7.37. The summed E-state index contributed by atoms with van der Waals surface area (Å²) < 4.78 is 19.5. The molecule has 2 aromatic rings. The number of ether oxygens (including phenoxy) is 3. The molecule has 2 aromatic carbocycles. The molecule has 0 aromatic heterocycles. The van der Waals surface area contributed by atoms with Gasteiger partial charge in [0.25, 0.3) is 0 Å². The zero-order chi connectivity index (χ0) is 13.0. The van der Waals surface area contributed by atoms with Crippen molar-refractivity contribution in [1.82, 2.24) is 0 Å². The molecule has 0 unspecified atom stereocenters. The first-order chi connectivity index (χ1) is 9.20. The molecule has 2 bridgehead atoms. The van der Waals surface area contributed by atoms with Crippen molar-refractivity contribution in [3.8, 4) is 11.5 Å². The number of benzene rings is 2. The summed E-state index contributed by atoms with van der Waals surface area (Å²) in [4.78, 5) is 0. The maximum Gasteiger partial charge on any atom is 0.233 e. The van der Waals surface area contributed by atoms with E-state index >= 15 is 0 Å². The molecule has 0 saturated carbocycles. The monoisotopic (exact) mass is 382 g/mol. The highest BCUT2D eigenvalue weighted by atomic mass is 79.9. The maximum atomic E-state index is 5.90. The van der Waals surface area contributed by atoms with Gasteiger partial charge in [0, 0.05) is 8.95 Å². The maximum absolute atomic E-state index is 5.90. The third-order valence-electron chi connectivity index (χ3n) is 3.17. The Morgan fingerprint density at radius 2 is 1.21 bits per heavy atom. The summed E-state index contributed by atoms with van der Waals surface area (Å²) in [6.07, 6.45) is -0.833. The van der Waals surface area contributed by atoms with Crippen LogP contribution in [0.15, 0.2) is 45.3 Å². The predicted octanol–water partition coefficient (Wildman–Crippen LogP) is 4.71. The van der Waals surface area contributed by atoms with E-state index in [1.54, 1.807) is 0 Å². The van der Waals surface area contributed by atoms with Gasteiger partial charge in [-0.1, -0.05) is 31.9 Å². The van der Waals surface area contributed by atoms with Crippen LogP contribution >= 0.6 is 31.9 Å². The van der Waals surface area contributed by atoms with Crippen LogP contribution in [0.2, 0.25) is 0 Å². The van der Waals surface area contributed by atoms with Crippen molar-refractivity contribution in [3.63, 3.8) is 0 Å². The number of hydrogen-bond acceptors (Lipinski definition) is 3. The van der Waals surface area contributed by atoms with Gasteiger partial charge in [-0.05, 0) is 36.4 Å². The number of halogens is 2. The molecule has 2 aliphatic rings. The second-order valence-electron chi connectivity index (χ2n) is 4.40. The summed E-state index contributed by atoms with van der Waals surface area (Å²) in [5, 5.41) is 0. The van der Waals surface area contributed by atoms with Crippen LogP contribution < -0.4 is 9.47 Å². The Morgan fingerprint density at radius 1 is 0.737 bits per heavy atom. The van der Waals surface area contributed by atoms with Crippen molar-refractivity contribution in [3.05, 3.63) is 56.5 Å². The van der Waals surface area contributed by atoms with Crippen molar-refractivity contribution in [2.45, 2.75) is 12.6 Å². The zero-order valence-electron chi connectivity index (χ0n) is 9.60. The molecule has 0 saturated heterocycles. The molecular weight excluding hydrogens is 376 g/mol. The third-order valence-corrected chi connectivity index (χ3v) is 4.15. The molecular formula is C14H8Br2O3. The molecule has 2 aliphatic heterocycles. The Balaban J connectivity index is 1.84. The lowest BCUT2D eigenvalue weighted by molar-refractivity contribution is -0.227. The minimum atomic E-state index is -0.417. The zero-order valence-corrected chi connectivity index (χ0v) is 12.8. The third kappa shape index (κ3) is 1.88. The highest BCUT2D eigenvalue weighted by Crippen LogP contribution is 2.48. The standard InChI is InChI=1S/C14H8Br2O3/c15-7-1-3-11-9(5-7)13-18-12-4-2-8(16)6-10(12)14(17-11)19-13/h1-6,13-14H/t13-,14-/m1/s1. The van der Waals surface area contributed by atoms with E-state index in [-0.39, 0.29) is 0 Å². The molecule has 0 fully saturated rings. The fourth-order valence-electron chi connectivity index (χ4n) is 2.29. The smallest absolute Gasteiger partial charge is 0.233 e. The van der Waals surface area contributed by atoms with E-state index in [4.69, 9.17) is 14.2 Å². The minimum absolute atomic E-state index is 0.417.